The maximum absolute atomic E-state index is 13.0. The monoisotopic (exact) mass is 445 g/mol. The number of aromatic nitrogens is 2. The highest BCUT2D eigenvalue weighted by molar-refractivity contribution is 7.18. The number of carbonyl (C=O) groups excluding carboxylic acids is 2. The Bertz CT molecular complexity index is 1180. The van der Waals surface area contributed by atoms with Gasteiger partial charge in [0.1, 0.15) is 16.4 Å². The lowest BCUT2D eigenvalue weighted by Crippen LogP contribution is -2.28. The van der Waals surface area contributed by atoms with Crippen molar-refractivity contribution in [3.8, 4) is 0 Å². The molecule has 7 nitrogen and oxygen atoms in total. The predicted octanol–water partition coefficient (Wildman–Crippen LogP) is 3.78. The van der Waals surface area contributed by atoms with Crippen LogP contribution in [0.2, 0.25) is 0 Å². The smallest absolute Gasteiger partial charge is 0.341 e. The van der Waals surface area contributed by atoms with Gasteiger partial charge in [-0.05, 0) is 50.7 Å². The molecule has 0 aromatic carbocycles. The normalized spacial score (nSPS) is 13.3. The summed E-state index contributed by atoms with van der Waals surface area (Å²) in [7, 11) is 0. The molecule has 9 heteroatoms. The van der Waals surface area contributed by atoms with Gasteiger partial charge in [-0.25, -0.2) is 9.78 Å². The zero-order valence-electron chi connectivity index (χ0n) is 16.9. The van der Waals surface area contributed by atoms with Crippen LogP contribution in [0.25, 0.3) is 10.2 Å². The molecule has 0 aliphatic heterocycles. The molecule has 3 aromatic rings. The third kappa shape index (κ3) is 3.91. The Morgan fingerprint density at radius 1 is 1.23 bits per heavy atom. The summed E-state index contributed by atoms with van der Waals surface area (Å²) >= 11 is 2.93. The average Bonchev–Trinajstić information content (AvgIpc) is 3.31. The number of aryl methyl sites for hydroxylation is 3. The van der Waals surface area contributed by atoms with E-state index in [1.54, 1.807) is 24.3 Å². The summed E-state index contributed by atoms with van der Waals surface area (Å²) in [5, 5.41) is 3.88. The van der Waals surface area contributed by atoms with E-state index in [-0.39, 0.29) is 24.6 Å². The molecular weight excluding hydrogens is 422 g/mol. The van der Waals surface area contributed by atoms with Crippen molar-refractivity contribution in [3.63, 3.8) is 0 Å². The van der Waals surface area contributed by atoms with Crippen LogP contribution in [0.4, 0.5) is 5.00 Å². The van der Waals surface area contributed by atoms with Crippen molar-refractivity contribution in [2.45, 2.75) is 52.5 Å². The number of thiophene rings is 2. The van der Waals surface area contributed by atoms with Gasteiger partial charge in [0.15, 0.2) is 0 Å². The number of hydrogen-bond acceptors (Lipinski definition) is 7. The van der Waals surface area contributed by atoms with Gasteiger partial charge in [-0.1, -0.05) is 6.92 Å². The van der Waals surface area contributed by atoms with E-state index in [1.807, 2.05) is 6.92 Å². The van der Waals surface area contributed by atoms with Gasteiger partial charge in [0, 0.05) is 9.75 Å². The number of amides is 1. The van der Waals surface area contributed by atoms with E-state index < -0.39 is 5.97 Å². The lowest BCUT2D eigenvalue weighted by atomic mass is 9.97. The fraction of sp³-hybridized carbons (Fsp3) is 0.429. The Balaban J connectivity index is 1.58. The second-order valence-corrected chi connectivity index (χ2v) is 9.37. The molecule has 0 fully saturated rings. The quantitative estimate of drug-likeness (QED) is 0.583. The molecule has 0 saturated heterocycles. The van der Waals surface area contributed by atoms with E-state index in [0.29, 0.717) is 16.0 Å². The Morgan fingerprint density at radius 2 is 2.03 bits per heavy atom. The van der Waals surface area contributed by atoms with Gasteiger partial charge in [0.05, 0.1) is 23.9 Å². The van der Waals surface area contributed by atoms with Crippen LogP contribution in [0.3, 0.4) is 0 Å². The van der Waals surface area contributed by atoms with Crippen molar-refractivity contribution in [2.24, 2.45) is 0 Å². The Morgan fingerprint density at radius 3 is 2.80 bits per heavy atom. The lowest BCUT2D eigenvalue weighted by Gasteiger charge is -2.10. The molecule has 1 amide bonds. The van der Waals surface area contributed by atoms with Gasteiger partial charge in [0.25, 0.3) is 5.56 Å². The topological polar surface area (TPSA) is 90.3 Å². The van der Waals surface area contributed by atoms with Crippen LogP contribution in [0.15, 0.2) is 17.2 Å². The van der Waals surface area contributed by atoms with Crippen LogP contribution in [-0.4, -0.2) is 28.0 Å². The third-order valence-electron chi connectivity index (χ3n) is 5.14. The van der Waals surface area contributed by atoms with E-state index in [2.05, 4.69) is 10.3 Å². The zero-order chi connectivity index (χ0) is 21.3. The van der Waals surface area contributed by atoms with Crippen molar-refractivity contribution in [1.29, 1.82) is 0 Å². The predicted molar refractivity (Wildman–Crippen MR) is 119 cm³/mol. The average molecular weight is 446 g/mol. The van der Waals surface area contributed by atoms with Crippen molar-refractivity contribution < 1.29 is 14.3 Å². The number of esters is 1. The van der Waals surface area contributed by atoms with Gasteiger partial charge in [-0.3, -0.25) is 14.2 Å². The second kappa shape index (κ2) is 8.69. The maximum atomic E-state index is 13.0. The fourth-order valence-electron chi connectivity index (χ4n) is 3.68. The minimum Gasteiger partial charge on any atom is -0.462 e. The highest BCUT2D eigenvalue weighted by Crippen LogP contribution is 2.33. The molecule has 0 radical (unpaired) electrons. The summed E-state index contributed by atoms with van der Waals surface area (Å²) in [4.78, 5) is 45.3. The molecule has 4 rings (SSSR count). The van der Waals surface area contributed by atoms with Crippen LogP contribution in [0, 0.1) is 0 Å². The molecular formula is C21H23N3O4S2. The van der Waals surface area contributed by atoms with Gasteiger partial charge >= 0.3 is 5.97 Å². The minimum atomic E-state index is -0.464. The molecule has 30 heavy (non-hydrogen) atoms. The van der Waals surface area contributed by atoms with Crippen molar-refractivity contribution >= 4 is 49.8 Å². The van der Waals surface area contributed by atoms with E-state index in [4.69, 9.17) is 4.74 Å². The number of ether oxygens (including phenoxy) is 1. The summed E-state index contributed by atoms with van der Waals surface area (Å²) in [6.07, 6.45) is 6.27. The molecule has 0 saturated carbocycles. The van der Waals surface area contributed by atoms with E-state index >= 15 is 0 Å². The van der Waals surface area contributed by atoms with Crippen molar-refractivity contribution in [1.82, 2.24) is 9.55 Å². The first kappa shape index (κ1) is 20.7. The number of nitrogens with one attached hydrogen (secondary N) is 1. The Labute approximate surface area is 181 Å². The van der Waals surface area contributed by atoms with Gasteiger partial charge in [-0.2, -0.15) is 0 Å². The number of hydrogen-bond donors (Lipinski definition) is 1. The molecule has 0 spiro atoms. The molecule has 1 aliphatic rings. The van der Waals surface area contributed by atoms with E-state index in [9.17, 15) is 14.4 Å². The first-order valence-electron chi connectivity index (χ1n) is 10.1. The number of fused-ring (bicyclic) bond motifs is 3. The Kier molecular flexibility index (Phi) is 6.01. The first-order valence-corrected chi connectivity index (χ1v) is 11.7. The van der Waals surface area contributed by atoms with Crippen LogP contribution in [0.5, 0.6) is 0 Å². The first-order chi connectivity index (χ1) is 14.5. The molecule has 3 aromatic heterocycles. The molecule has 3 heterocycles. The molecule has 1 N–H and O–H groups in total. The van der Waals surface area contributed by atoms with Gasteiger partial charge in [0.2, 0.25) is 5.91 Å². The second-order valence-electron chi connectivity index (χ2n) is 7.15. The van der Waals surface area contributed by atoms with Crippen molar-refractivity contribution in [3.05, 3.63) is 43.6 Å². The van der Waals surface area contributed by atoms with Crippen LogP contribution >= 0.6 is 22.7 Å². The molecule has 1 aliphatic carbocycles. The molecule has 0 unspecified atom stereocenters. The van der Waals surface area contributed by atoms with E-state index in [0.717, 1.165) is 47.4 Å². The SMILES string of the molecule is CCOC(=O)c1cc(CC)sc1NC(=O)Cn1cnc2sc3c(c2c1=O)CCCC3. The van der Waals surface area contributed by atoms with Crippen LogP contribution in [0.1, 0.15) is 52.4 Å². The Hall–Kier alpha value is -2.52. The standard InChI is InChI=1S/C21H23N3O4S2/c1-3-12-9-14(21(27)28-4-2)18(29-12)23-16(25)10-24-11-22-19-17(20(24)26)13-7-5-6-8-15(13)30-19/h9,11H,3-8,10H2,1-2H3,(H,23,25). The number of nitrogens with zero attached hydrogens (tertiary/aromatic N) is 2. The summed E-state index contributed by atoms with van der Waals surface area (Å²) in [6.45, 7) is 3.82. The zero-order valence-corrected chi connectivity index (χ0v) is 18.6. The van der Waals surface area contributed by atoms with Gasteiger partial charge < -0.3 is 10.1 Å². The third-order valence-corrected chi connectivity index (χ3v) is 7.53. The highest BCUT2D eigenvalue weighted by atomic mass is 32.1. The highest BCUT2D eigenvalue weighted by Gasteiger charge is 2.22. The maximum Gasteiger partial charge on any atom is 0.341 e. The summed E-state index contributed by atoms with van der Waals surface area (Å²) in [5.41, 5.74) is 1.27. The van der Waals surface area contributed by atoms with Crippen molar-refractivity contribution in [2.75, 3.05) is 11.9 Å². The lowest BCUT2D eigenvalue weighted by molar-refractivity contribution is -0.116. The summed E-state index contributed by atoms with van der Waals surface area (Å²) < 4.78 is 6.43. The number of rotatable bonds is 6. The number of carbonyl (C=O) groups is 2. The van der Waals surface area contributed by atoms with E-state index in [1.165, 1.54) is 27.1 Å². The molecule has 0 bridgehead atoms. The van der Waals surface area contributed by atoms with Crippen LogP contribution < -0.4 is 10.9 Å². The van der Waals surface area contributed by atoms with Crippen LogP contribution in [-0.2, 0) is 35.3 Å². The minimum absolute atomic E-state index is 0.159. The summed E-state index contributed by atoms with van der Waals surface area (Å²) in [5.74, 6) is -0.841. The summed E-state index contributed by atoms with van der Waals surface area (Å²) in [6, 6.07) is 1.75. The number of anilines is 1. The molecule has 0 atom stereocenters. The van der Waals surface area contributed by atoms with Gasteiger partial charge in [-0.15, -0.1) is 22.7 Å². The largest absolute Gasteiger partial charge is 0.462 e. The fourth-order valence-corrected chi connectivity index (χ4v) is 5.90. The molecule has 158 valence electrons.